The minimum Gasteiger partial charge on any atom is -0.381 e. The van der Waals surface area contributed by atoms with E-state index in [1.807, 2.05) is 19.2 Å². The van der Waals surface area contributed by atoms with Gasteiger partial charge in [0, 0.05) is 7.11 Å². The molecule has 1 saturated carbocycles. The summed E-state index contributed by atoms with van der Waals surface area (Å²) in [4.78, 5) is 0. The van der Waals surface area contributed by atoms with Gasteiger partial charge in [0.2, 0.25) is 0 Å². The number of benzene rings is 2. The highest BCUT2D eigenvalue weighted by molar-refractivity contribution is 5.63. The van der Waals surface area contributed by atoms with E-state index in [0.717, 1.165) is 24.0 Å². The van der Waals surface area contributed by atoms with E-state index in [9.17, 15) is 4.39 Å². The summed E-state index contributed by atoms with van der Waals surface area (Å²) in [7, 11) is 1.81. The molecule has 0 saturated heterocycles. The predicted molar refractivity (Wildman–Crippen MR) is 83.8 cm³/mol. The van der Waals surface area contributed by atoms with E-state index in [0.29, 0.717) is 12.0 Å². The lowest BCUT2D eigenvalue weighted by atomic mass is 9.82. The Bertz CT molecular complexity index is 566. The Morgan fingerprint density at radius 2 is 1.33 bits per heavy atom. The highest BCUT2D eigenvalue weighted by Gasteiger charge is 2.21. The maximum absolute atomic E-state index is 13.0. The van der Waals surface area contributed by atoms with Crippen LogP contribution in [0.2, 0.25) is 0 Å². The van der Waals surface area contributed by atoms with Crippen LogP contribution < -0.4 is 0 Å². The molecule has 0 heterocycles. The zero-order chi connectivity index (χ0) is 14.7. The first-order chi connectivity index (χ1) is 10.3. The summed E-state index contributed by atoms with van der Waals surface area (Å²) in [5, 5.41) is 0. The van der Waals surface area contributed by atoms with Crippen LogP contribution in [0.3, 0.4) is 0 Å². The van der Waals surface area contributed by atoms with Crippen molar-refractivity contribution >= 4 is 0 Å². The first-order valence-electron chi connectivity index (χ1n) is 7.65. The van der Waals surface area contributed by atoms with Crippen molar-refractivity contribution in [3.63, 3.8) is 0 Å². The summed E-state index contributed by atoms with van der Waals surface area (Å²) < 4.78 is 18.4. The fourth-order valence-electron chi connectivity index (χ4n) is 3.22. The maximum Gasteiger partial charge on any atom is 0.123 e. The van der Waals surface area contributed by atoms with E-state index in [4.69, 9.17) is 4.74 Å². The lowest BCUT2D eigenvalue weighted by Gasteiger charge is -2.27. The van der Waals surface area contributed by atoms with Gasteiger partial charge in [-0.05, 0) is 60.4 Å². The zero-order valence-electron chi connectivity index (χ0n) is 12.4. The number of ether oxygens (including phenoxy) is 1. The molecule has 3 rings (SSSR count). The molecule has 110 valence electrons. The van der Waals surface area contributed by atoms with Gasteiger partial charge in [-0.25, -0.2) is 4.39 Å². The standard InChI is InChI=1S/C19H21FO/c1-21-19-12-8-17(9-13-19)15-4-2-14(3-5-15)16-6-10-18(20)11-7-16/h2-7,10-11,17,19H,8-9,12-13H2,1H3. The highest BCUT2D eigenvalue weighted by Crippen LogP contribution is 2.34. The first kappa shape index (κ1) is 14.3. The van der Waals surface area contributed by atoms with Crippen LogP contribution in [0.1, 0.15) is 37.2 Å². The van der Waals surface area contributed by atoms with Crippen molar-refractivity contribution in [1.29, 1.82) is 0 Å². The van der Waals surface area contributed by atoms with Crippen molar-refractivity contribution in [1.82, 2.24) is 0 Å². The molecule has 2 aromatic carbocycles. The van der Waals surface area contributed by atoms with E-state index in [1.54, 1.807) is 0 Å². The Balaban J connectivity index is 1.71. The highest BCUT2D eigenvalue weighted by atomic mass is 19.1. The number of hydrogen-bond acceptors (Lipinski definition) is 1. The van der Waals surface area contributed by atoms with E-state index >= 15 is 0 Å². The Hall–Kier alpha value is -1.67. The summed E-state index contributed by atoms with van der Waals surface area (Å²) in [6.07, 6.45) is 5.16. The fourth-order valence-corrected chi connectivity index (χ4v) is 3.22. The van der Waals surface area contributed by atoms with Crippen LogP contribution in [0.4, 0.5) is 4.39 Å². The Kier molecular flexibility index (Phi) is 4.35. The average Bonchev–Trinajstić information content (AvgIpc) is 2.56. The third kappa shape index (κ3) is 3.33. The van der Waals surface area contributed by atoms with Gasteiger partial charge in [-0.3, -0.25) is 0 Å². The van der Waals surface area contributed by atoms with Crippen molar-refractivity contribution in [2.45, 2.75) is 37.7 Å². The summed E-state index contributed by atoms with van der Waals surface area (Å²) in [5.74, 6) is 0.462. The summed E-state index contributed by atoms with van der Waals surface area (Å²) in [5.41, 5.74) is 3.62. The molecular weight excluding hydrogens is 263 g/mol. The van der Waals surface area contributed by atoms with Crippen molar-refractivity contribution in [3.05, 3.63) is 59.9 Å². The maximum atomic E-state index is 13.0. The van der Waals surface area contributed by atoms with Gasteiger partial charge in [0.25, 0.3) is 0 Å². The molecule has 0 bridgehead atoms. The van der Waals surface area contributed by atoms with Crippen LogP contribution >= 0.6 is 0 Å². The van der Waals surface area contributed by atoms with Gasteiger partial charge in [0.15, 0.2) is 0 Å². The summed E-state index contributed by atoms with van der Waals surface area (Å²) in [6.45, 7) is 0. The molecule has 2 aromatic rings. The average molecular weight is 284 g/mol. The Morgan fingerprint density at radius 1 is 0.810 bits per heavy atom. The van der Waals surface area contributed by atoms with Gasteiger partial charge < -0.3 is 4.74 Å². The molecule has 1 nitrogen and oxygen atoms in total. The van der Waals surface area contributed by atoms with Gasteiger partial charge in [0.1, 0.15) is 5.82 Å². The van der Waals surface area contributed by atoms with Crippen LogP contribution in [0.5, 0.6) is 0 Å². The largest absolute Gasteiger partial charge is 0.381 e. The second kappa shape index (κ2) is 6.40. The van der Waals surface area contributed by atoms with Crippen LogP contribution in [-0.2, 0) is 4.74 Å². The second-order valence-electron chi connectivity index (χ2n) is 5.84. The van der Waals surface area contributed by atoms with Crippen molar-refractivity contribution in [2.24, 2.45) is 0 Å². The normalized spacial score (nSPS) is 22.2. The van der Waals surface area contributed by atoms with Crippen LogP contribution in [0.25, 0.3) is 11.1 Å². The van der Waals surface area contributed by atoms with Crippen LogP contribution in [0.15, 0.2) is 48.5 Å². The molecule has 21 heavy (non-hydrogen) atoms. The van der Waals surface area contributed by atoms with Crippen molar-refractivity contribution < 1.29 is 9.13 Å². The van der Waals surface area contributed by atoms with Gasteiger partial charge >= 0.3 is 0 Å². The van der Waals surface area contributed by atoms with Gasteiger partial charge in [-0.15, -0.1) is 0 Å². The number of methoxy groups -OCH3 is 1. The van der Waals surface area contributed by atoms with E-state index in [-0.39, 0.29) is 5.82 Å². The summed E-state index contributed by atoms with van der Waals surface area (Å²) in [6, 6.07) is 15.4. The molecule has 1 aliphatic carbocycles. The van der Waals surface area contributed by atoms with E-state index < -0.39 is 0 Å². The topological polar surface area (TPSA) is 9.23 Å². The quantitative estimate of drug-likeness (QED) is 0.756. The van der Waals surface area contributed by atoms with Crippen LogP contribution in [-0.4, -0.2) is 13.2 Å². The lowest BCUT2D eigenvalue weighted by Crippen LogP contribution is -2.19. The van der Waals surface area contributed by atoms with Crippen molar-refractivity contribution in [2.75, 3.05) is 7.11 Å². The molecule has 2 heteroatoms. The second-order valence-corrected chi connectivity index (χ2v) is 5.84. The smallest absolute Gasteiger partial charge is 0.123 e. The molecule has 1 aliphatic rings. The SMILES string of the molecule is COC1CCC(c2ccc(-c3ccc(F)cc3)cc2)CC1. The molecule has 0 unspecified atom stereocenters. The number of rotatable bonds is 3. The third-order valence-electron chi connectivity index (χ3n) is 4.57. The molecule has 0 aromatic heterocycles. The Labute approximate surface area is 125 Å². The number of hydrogen-bond donors (Lipinski definition) is 0. The van der Waals surface area contributed by atoms with Gasteiger partial charge in [-0.2, -0.15) is 0 Å². The Morgan fingerprint density at radius 3 is 1.86 bits per heavy atom. The predicted octanol–water partition coefficient (Wildman–Crippen LogP) is 5.17. The monoisotopic (exact) mass is 284 g/mol. The molecule has 0 N–H and O–H groups in total. The van der Waals surface area contributed by atoms with Gasteiger partial charge in [0.05, 0.1) is 6.10 Å². The molecule has 0 spiro atoms. The zero-order valence-corrected chi connectivity index (χ0v) is 12.4. The minimum absolute atomic E-state index is 0.190. The van der Waals surface area contributed by atoms with Gasteiger partial charge in [-0.1, -0.05) is 36.4 Å². The van der Waals surface area contributed by atoms with E-state index in [1.165, 1.54) is 30.5 Å². The molecule has 1 fully saturated rings. The summed E-state index contributed by atoms with van der Waals surface area (Å²) >= 11 is 0. The molecule has 0 radical (unpaired) electrons. The molecular formula is C19H21FO. The molecule has 0 aliphatic heterocycles. The lowest BCUT2D eigenvalue weighted by molar-refractivity contribution is 0.0659. The fraction of sp³-hybridized carbons (Fsp3) is 0.368. The first-order valence-corrected chi connectivity index (χ1v) is 7.65. The molecule has 0 atom stereocenters. The van der Waals surface area contributed by atoms with E-state index in [2.05, 4.69) is 24.3 Å². The minimum atomic E-state index is -0.190. The number of halogens is 1. The molecule has 0 amide bonds. The van der Waals surface area contributed by atoms with Crippen molar-refractivity contribution in [3.8, 4) is 11.1 Å². The van der Waals surface area contributed by atoms with Crippen LogP contribution in [0, 0.1) is 5.82 Å². The third-order valence-corrected chi connectivity index (χ3v) is 4.57.